The van der Waals surface area contributed by atoms with E-state index in [1.165, 1.54) is 12.1 Å². The summed E-state index contributed by atoms with van der Waals surface area (Å²) in [5.74, 6) is 0.323. The van der Waals surface area contributed by atoms with E-state index < -0.39 is 17.8 Å². The minimum atomic E-state index is -4.41. The summed E-state index contributed by atoms with van der Waals surface area (Å²) in [6, 6.07) is 7.07. The van der Waals surface area contributed by atoms with E-state index in [4.69, 9.17) is 0 Å². The number of amides is 2. The van der Waals surface area contributed by atoms with Crippen molar-refractivity contribution in [2.24, 2.45) is 0 Å². The van der Waals surface area contributed by atoms with Crippen LogP contribution in [-0.4, -0.2) is 16.0 Å². The molecule has 0 saturated carbocycles. The zero-order valence-electron chi connectivity index (χ0n) is 11.6. The number of hydrogen-bond acceptors (Lipinski definition) is 2. The van der Waals surface area contributed by atoms with Gasteiger partial charge in [-0.2, -0.15) is 13.2 Å². The summed E-state index contributed by atoms with van der Waals surface area (Å²) in [6.07, 6.45) is -1.06. The summed E-state index contributed by atoms with van der Waals surface area (Å²) in [6.45, 7) is 0. The molecule has 2 amide bonds. The Kier molecular flexibility index (Phi) is 3.65. The number of nitrogens with zero attached hydrogens (tertiary/aromatic N) is 1. The summed E-state index contributed by atoms with van der Waals surface area (Å²) in [7, 11) is 0. The van der Waals surface area contributed by atoms with Crippen molar-refractivity contribution in [3.05, 3.63) is 54.4 Å². The monoisotopic (exact) mass is 320 g/mol. The van der Waals surface area contributed by atoms with Crippen molar-refractivity contribution in [3.8, 4) is 0 Å². The molecule has 0 atom stereocenters. The summed E-state index contributed by atoms with van der Waals surface area (Å²) < 4.78 is 37.4. The number of H-pyrrole nitrogens is 1. The number of nitrogens with one attached hydrogen (secondary N) is 3. The van der Waals surface area contributed by atoms with E-state index in [2.05, 4.69) is 20.6 Å². The molecule has 8 heteroatoms. The number of benzene rings is 1. The molecular formula is C15H11F3N4O. The van der Waals surface area contributed by atoms with Crippen molar-refractivity contribution in [1.82, 2.24) is 9.97 Å². The fourth-order valence-corrected chi connectivity index (χ4v) is 2.03. The van der Waals surface area contributed by atoms with Gasteiger partial charge in [0.15, 0.2) is 0 Å². The van der Waals surface area contributed by atoms with Crippen LogP contribution >= 0.6 is 0 Å². The maximum atomic E-state index is 12.5. The standard InChI is InChI=1S/C15H11F3N4O/c16-15(17,18)10-1-3-11(4-2-10)21-14(23)22-13-7-12-9(8-20-13)5-6-19-12/h1-8,19H,(H2,20,21,22,23). The SMILES string of the molecule is O=C(Nc1ccc(C(F)(F)F)cc1)Nc1cc2[nH]ccc2cn1. The van der Waals surface area contributed by atoms with Gasteiger partial charge < -0.3 is 10.3 Å². The molecule has 0 unspecified atom stereocenters. The second-order valence-corrected chi connectivity index (χ2v) is 4.79. The van der Waals surface area contributed by atoms with Gasteiger partial charge >= 0.3 is 12.2 Å². The van der Waals surface area contributed by atoms with Gasteiger partial charge in [0.2, 0.25) is 0 Å². The molecule has 3 N–H and O–H groups in total. The van der Waals surface area contributed by atoms with Crippen molar-refractivity contribution in [2.75, 3.05) is 10.6 Å². The molecule has 0 radical (unpaired) electrons. The number of carbonyl (C=O) groups excluding carboxylic acids is 1. The van der Waals surface area contributed by atoms with Crippen LogP contribution in [0, 0.1) is 0 Å². The van der Waals surface area contributed by atoms with Gasteiger partial charge in [0.25, 0.3) is 0 Å². The van der Waals surface area contributed by atoms with Gasteiger partial charge in [0.05, 0.1) is 11.1 Å². The first-order valence-electron chi connectivity index (χ1n) is 6.60. The van der Waals surface area contributed by atoms with Gasteiger partial charge in [0, 0.05) is 29.5 Å². The molecule has 0 aliphatic carbocycles. The van der Waals surface area contributed by atoms with Crippen LogP contribution in [0.1, 0.15) is 5.56 Å². The van der Waals surface area contributed by atoms with Gasteiger partial charge in [-0.15, -0.1) is 0 Å². The van der Waals surface area contributed by atoms with E-state index in [0.29, 0.717) is 5.82 Å². The second-order valence-electron chi connectivity index (χ2n) is 4.79. The molecule has 3 aromatic rings. The molecule has 118 valence electrons. The molecular weight excluding hydrogens is 309 g/mol. The minimum Gasteiger partial charge on any atom is -0.361 e. The largest absolute Gasteiger partial charge is 0.416 e. The molecule has 0 spiro atoms. The van der Waals surface area contributed by atoms with E-state index in [9.17, 15) is 18.0 Å². The Bertz CT molecular complexity index is 840. The number of aromatic amines is 1. The van der Waals surface area contributed by atoms with Crippen LogP contribution < -0.4 is 10.6 Å². The molecule has 0 aliphatic heterocycles. The Morgan fingerprint density at radius 3 is 2.52 bits per heavy atom. The van der Waals surface area contributed by atoms with E-state index in [0.717, 1.165) is 23.0 Å². The maximum absolute atomic E-state index is 12.5. The number of carbonyl (C=O) groups is 1. The van der Waals surface area contributed by atoms with Crippen LogP contribution in [0.2, 0.25) is 0 Å². The zero-order valence-corrected chi connectivity index (χ0v) is 11.6. The van der Waals surface area contributed by atoms with Gasteiger partial charge in [-0.3, -0.25) is 5.32 Å². The number of halogens is 3. The number of pyridine rings is 1. The quantitative estimate of drug-likeness (QED) is 0.661. The van der Waals surface area contributed by atoms with Crippen LogP contribution in [0.5, 0.6) is 0 Å². The molecule has 5 nitrogen and oxygen atoms in total. The highest BCUT2D eigenvalue weighted by atomic mass is 19.4. The van der Waals surface area contributed by atoms with E-state index in [1.54, 1.807) is 18.5 Å². The number of aromatic nitrogens is 2. The topological polar surface area (TPSA) is 69.8 Å². The highest BCUT2D eigenvalue weighted by Crippen LogP contribution is 2.29. The lowest BCUT2D eigenvalue weighted by molar-refractivity contribution is -0.137. The molecule has 3 rings (SSSR count). The van der Waals surface area contributed by atoms with Crippen molar-refractivity contribution in [3.63, 3.8) is 0 Å². The molecule has 2 heterocycles. The van der Waals surface area contributed by atoms with E-state index in [-0.39, 0.29) is 5.69 Å². The lowest BCUT2D eigenvalue weighted by Crippen LogP contribution is -2.20. The summed E-state index contributed by atoms with van der Waals surface area (Å²) in [5, 5.41) is 5.86. The second kappa shape index (κ2) is 5.64. The van der Waals surface area contributed by atoms with Gasteiger partial charge in [-0.1, -0.05) is 0 Å². The summed E-state index contributed by atoms with van der Waals surface area (Å²) >= 11 is 0. The predicted octanol–water partition coefficient (Wildman–Crippen LogP) is 4.23. The molecule has 2 aromatic heterocycles. The van der Waals surface area contributed by atoms with Crippen LogP contribution in [0.25, 0.3) is 10.9 Å². The summed E-state index contributed by atoms with van der Waals surface area (Å²) in [5.41, 5.74) is 0.281. The molecule has 0 bridgehead atoms. The Morgan fingerprint density at radius 1 is 1.09 bits per heavy atom. The number of rotatable bonds is 2. The Labute approximate surface area is 128 Å². The van der Waals surface area contributed by atoms with Crippen molar-refractivity contribution >= 4 is 28.4 Å². The Morgan fingerprint density at radius 2 is 1.83 bits per heavy atom. The zero-order chi connectivity index (χ0) is 16.4. The van der Waals surface area contributed by atoms with Crippen molar-refractivity contribution < 1.29 is 18.0 Å². The third kappa shape index (κ3) is 3.42. The molecule has 0 saturated heterocycles. The van der Waals surface area contributed by atoms with Crippen LogP contribution in [0.4, 0.5) is 29.5 Å². The Balaban J connectivity index is 1.66. The highest BCUT2D eigenvalue weighted by molar-refractivity contribution is 6.00. The average Bonchev–Trinajstić information content (AvgIpc) is 2.94. The first-order valence-corrected chi connectivity index (χ1v) is 6.60. The fraction of sp³-hybridized carbons (Fsp3) is 0.0667. The molecule has 0 aliphatic rings. The predicted molar refractivity (Wildman–Crippen MR) is 80.2 cm³/mol. The fourth-order valence-electron chi connectivity index (χ4n) is 2.03. The third-order valence-corrected chi connectivity index (χ3v) is 3.15. The van der Waals surface area contributed by atoms with Gasteiger partial charge in [-0.25, -0.2) is 9.78 Å². The van der Waals surface area contributed by atoms with Gasteiger partial charge in [0.1, 0.15) is 5.82 Å². The first-order chi connectivity index (χ1) is 10.9. The normalized spacial score (nSPS) is 11.4. The van der Waals surface area contributed by atoms with E-state index in [1.807, 2.05) is 6.07 Å². The number of fused-ring (bicyclic) bond motifs is 1. The van der Waals surface area contributed by atoms with E-state index >= 15 is 0 Å². The summed E-state index contributed by atoms with van der Waals surface area (Å²) in [4.78, 5) is 18.9. The smallest absolute Gasteiger partial charge is 0.361 e. The number of alkyl halides is 3. The molecule has 23 heavy (non-hydrogen) atoms. The Hall–Kier alpha value is -3.03. The first kappa shape index (κ1) is 14.9. The van der Waals surface area contributed by atoms with Crippen molar-refractivity contribution in [2.45, 2.75) is 6.18 Å². The number of urea groups is 1. The maximum Gasteiger partial charge on any atom is 0.416 e. The number of anilines is 2. The number of hydrogen-bond donors (Lipinski definition) is 3. The van der Waals surface area contributed by atoms with Crippen molar-refractivity contribution in [1.29, 1.82) is 0 Å². The molecule has 1 aromatic carbocycles. The average molecular weight is 320 g/mol. The van der Waals surface area contributed by atoms with Crippen LogP contribution in [0.15, 0.2) is 48.8 Å². The third-order valence-electron chi connectivity index (χ3n) is 3.15. The highest BCUT2D eigenvalue weighted by Gasteiger charge is 2.29. The van der Waals surface area contributed by atoms with Crippen LogP contribution in [-0.2, 0) is 6.18 Å². The lowest BCUT2D eigenvalue weighted by Gasteiger charge is -2.09. The van der Waals surface area contributed by atoms with Gasteiger partial charge in [-0.05, 0) is 30.3 Å². The minimum absolute atomic E-state index is 0.247. The lowest BCUT2D eigenvalue weighted by atomic mass is 10.2. The van der Waals surface area contributed by atoms with Crippen LogP contribution in [0.3, 0.4) is 0 Å². The molecule has 0 fully saturated rings.